The number of hydrogen-bond donors (Lipinski definition) is 0. The van der Waals surface area contributed by atoms with Crippen molar-refractivity contribution < 1.29 is 37.8 Å². The summed E-state index contributed by atoms with van der Waals surface area (Å²) in [4.78, 5) is 50.6. The summed E-state index contributed by atoms with van der Waals surface area (Å²) in [5, 5.41) is 2.78. The Morgan fingerprint density at radius 3 is 1.93 bits per heavy atom. The Bertz CT molecular complexity index is 1210. The minimum Gasteiger partial charge on any atom is -0.458 e. The molecule has 5 rings (SSSR count). The lowest BCUT2D eigenvalue weighted by Crippen LogP contribution is -2.60. The summed E-state index contributed by atoms with van der Waals surface area (Å²) in [5.41, 5.74) is -1.19. The van der Waals surface area contributed by atoms with Gasteiger partial charge in [0.2, 0.25) is 6.79 Å². The van der Waals surface area contributed by atoms with Crippen LogP contribution in [0.25, 0.3) is 0 Å². The van der Waals surface area contributed by atoms with Gasteiger partial charge in [-0.3, -0.25) is 0 Å². The number of ether oxygens (including phenoxy) is 4. The fourth-order valence-electron chi connectivity index (χ4n) is 7.26. The third-order valence-corrected chi connectivity index (χ3v) is 9.28. The summed E-state index contributed by atoms with van der Waals surface area (Å²) in [6.07, 6.45) is 4.80. The van der Waals surface area contributed by atoms with Gasteiger partial charge in [0.25, 0.3) is 5.60 Å². The molecule has 2 aromatic carbocycles. The number of carbonyl (C=O) groups excluding carboxylic acids is 3. The molecule has 224 valence electrons. The molecule has 42 heavy (non-hydrogen) atoms. The molecule has 3 fully saturated rings. The third-order valence-electron chi connectivity index (χ3n) is 9.28. The van der Waals surface area contributed by atoms with Crippen LogP contribution in [0, 0.1) is 10.8 Å². The van der Waals surface area contributed by atoms with Crippen molar-refractivity contribution in [2.45, 2.75) is 82.2 Å². The van der Waals surface area contributed by atoms with E-state index in [2.05, 4.69) is 5.18 Å². The molecule has 1 spiro atoms. The highest BCUT2D eigenvalue weighted by Gasteiger charge is 2.57. The van der Waals surface area contributed by atoms with Crippen LogP contribution in [0.2, 0.25) is 0 Å². The number of piperidine rings is 1. The van der Waals surface area contributed by atoms with Crippen molar-refractivity contribution in [2.75, 3.05) is 19.9 Å². The van der Waals surface area contributed by atoms with E-state index in [4.69, 9.17) is 18.9 Å². The largest absolute Gasteiger partial charge is 0.513 e. The first-order chi connectivity index (χ1) is 20.3. The first-order valence-corrected chi connectivity index (χ1v) is 14.8. The Kier molecular flexibility index (Phi) is 8.91. The summed E-state index contributed by atoms with van der Waals surface area (Å²) in [7, 11) is 0. The van der Waals surface area contributed by atoms with Gasteiger partial charge in [0.05, 0.1) is 25.2 Å². The van der Waals surface area contributed by atoms with Crippen molar-refractivity contribution in [3.05, 3.63) is 76.7 Å². The second-order valence-electron chi connectivity index (χ2n) is 11.9. The Morgan fingerprint density at radius 1 is 0.881 bits per heavy atom. The van der Waals surface area contributed by atoms with E-state index in [9.17, 15) is 19.3 Å². The number of esters is 2. The molecule has 3 saturated heterocycles. The molecule has 2 unspecified atom stereocenters. The van der Waals surface area contributed by atoms with Gasteiger partial charge in [-0.15, -0.1) is 4.91 Å². The predicted molar refractivity (Wildman–Crippen MR) is 152 cm³/mol. The van der Waals surface area contributed by atoms with Crippen molar-refractivity contribution in [1.82, 2.24) is 0 Å². The quantitative estimate of drug-likeness (QED) is 0.124. The van der Waals surface area contributed by atoms with Crippen LogP contribution in [0.4, 0.5) is 4.79 Å². The molecule has 2 bridgehead atoms. The lowest BCUT2D eigenvalue weighted by molar-refractivity contribution is -0.956. The molecular formula is C32H39N2O8+. The minimum atomic E-state index is -1.97. The van der Waals surface area contributed by atoms with E-state index in [-0.39, 0.29) is 6.10 Å². The van der Waals surface area contributed by atoms with Gasteiger partial charge in [-0.05, 0) is 5.92 Å². The number of benzene rings is 2. The molecule has 2 aromatic rings. The molecule has 0 saturated carbocycles. The van der Waals surface area contributed by atoms with Crippen LogP contribution < -0.4 is 0 Å². The van der Waals surface area contributed by atoms with E-state index in [1.165, 1.54) is 25.9 Å². The molecule has 3 aliphatic rings. The summed E-state index contributed by atoms with van der Waals surface area (Å²) in [5.74, 6) is -2.02. The molecule has 10 nitrogen and oxygen atoms in total. The molecule has 3 aliphatic heterocycles. The zero-order valence-electron chi connectivity index (χ0n) is 24.2. The van der Waals surface area contributed by atoms with Crippen LogP contribution in [0.5, 0.6) is 0 Å². The highest BCUT2D eigenvalue weighted by atomic mass is 16.8. The molecule has 10 heteroatoms. The monoisotopic (exact) mass is 579 g/mol. The van der Waals surface area contributed by atoms with E-state index in [0.29, 0.717) is 23.2 Å². The van der Waals surface area contributed by atoms with Crippen molar-refractivity contribution in [1.29, 1.82) is 0 Å². The average molecular weight is 580 g/mol. The molecule has 0 radical (unpaired) electrons. The van der Waals surface area contributed by atoms with Gasteiger partial charge >= 0.3 is 18.1 Å². The van der Waals surface area contributed by atoms with E-state index < -0.39 is 42.4 Å². The number of hydrogen-bond acceptors (Lipinski definition) is 9. The maximum Gasteiger partial charge on any atom is 0.513 e. The maximum absolute atomic E-state index is 14.3. The van der Waals surface area contributed by atoms with Gasteiger partial charge in [-0.25, -0.2) is 14.4 Å². The summed E-state index contributed by atoms with van der Waals surface area (Å²) in [6, 6.07) is 17.1. The van der Waals surface area contributed by atoms with Crippen LogP contribution >= 0.6 is 0 Å². The SMILES string of the molecule is CC(C)[C@H](N=O)C(=O)OCOC(=O)OC(C(=O)OC1CC2CCC(C1)[N+]21CCCC1)(c1ccccc1)c1ccccc1. The molecule has 0 aliphatic carbocycles. The Balaban J connectivity index is 1.38. The fraction of sp³-hybridized carbons (Fsp3) is 0.531. The second-order valence-corrected chi connectivity index (χ2v) is 11.9. The molecule has 3 heterocycles. The fourth-order valence-corrected chi connectivity index (χ4v) is 7.26. The Morgan fingerprint density at radius 2 is 1.43 bits per heavy atom. The third kappa shape index (κ3) is 5.64. The van der Waals surface area contributed by atoms with Gasteiger partial charge in [0, 0.05) is 49.7 Å². The van der Waals surface area contributed by atoms with E-state index in [1.807, 2.05) is 0 Å². The Hall–Kier alpha value is -3.79. The van der Waals surface area contributed by atoms with E-state index in [1.54, 1.807) is 74.5 Å². The zero-order chi connectivity index (χ0) is 29.7. The van der Waals surface area contributed by atoms with E-state index >= 15 is 0 Å². The first kappa shape index (κ1) is 29.7. The van der Waals surface area contributed by atoms with Crippen LogP contribution in [-0.2, 0) is 34.1 Å². The molecule has 3 atom stereocenters. The van der Waals surface area contributed by atoms with Gasteiger partial charge in [-0.1, -0.05) is 79.7 Å². The number of nitrogens with zero attached hydrogens (tertiary/aromatic N) is 2. The average Bonchev–Trinajstić information content (AvgIpc) is 3.53. The zero-order valence-corrected chi connectivity index (χ0v) is 24.2. The minimum absolute atomic E-state index is 0.296. The lowest BCUT2D eigenvalue weighted by atomic mass is 9.85. The van der Waals surface area contributed by atoms with Crippen molar-refractivity contribution in [3.8, 4) is 0 Å². The van der Waals surface area contributed by atoms with Gasteiger partial charge < -0.3 is 23.4 Å². The molecule has 0 N–H and O–H groups in total. The number of rotatable bonds is 10. The standard InChI is InChI=1S/C32H39N2O8/c1-22(2)28(33-38)29(35)39-21-40-31(37)42-32(23-11-5-3-6-12-23,24-13-7-4-8-14-24)30(36)41-27-19-25-15-16-26(20-27)34(25)17-9-10-18-34/h3-8,11-14,22,25-28H,9-10,15-21H2,1-2H3/q+1/t25?,26?,27?,28-/m0/s1. The number of carbonyl (C=O) groups is 3. The topological polar surface area (TPSA) is 118 Å². The summed E-state index contributed by atoms with van der Waals surface area (Å²) >= 11 is 0. The highest BCUT2D eigenvalue weighted by Crippen LogP contribution is 2.47. The molecule has 0 aromatic heterocycles. The van der Waals surface area contributed by atoms with Crippen molar-refractivity contribution in [3.63, 3.8) is 0 Å². The van der Waals surface area contributed by atoms with Crippen LogP contribution in [0.3, 0.4) is 0 Å². The second kappa shape index (κ2) is 12.6. The maximum atomic E-state index is 14.3. The van der Waals surface area contributed by atoms with Crippen molar-refractivity contribution in [2.24, 2.45) is 11.1 Å². The summed E-state index contributed by atoms with van der Waals surface area (Å²) in [6.45, 7) is 4.89. The molecule has 0 amide bonds. The van der Waals surface area contributed by atoms with Crippen LogP contribution in [-0.4, -0.2) is 66.7 Å². The number of nitroso groups, excluding NO2 is 1. The normalized spacial score (nSPS) is 23.3. The van der Waals surface area contributed by atoms with Crippen molar-refractivity contribution >= 4 is 18.1 Å². The number of quaternary nitrogens is 1. The van der Waals surface area contributed by atoms with Crippen LogP contribution in [0.15, 0.2) is 65.8 Å². The van der Waals surface area contributed by atoms with Gasteiger partial charge in [0.15, 0.2) is 6.04 Å². The highest BCUT2D eigenvalue weighted by molar-refractivity contribution is 5.88. The van der Waals surface area contributed by atoms with Crippen LogP contribution in [0.1, 0.15) is 63.5 Å². The van der Waals surface area contributed by atoms with E-state index in [0.717, 1.165) is 30.2 Å². The van der Waals surface area contributed by atoms with Gasteiger partial charge in [-0.2, -0.15) is 0 Å². The summed E-state index contributed by atoms with van der Waals surface area (Å²) < 4.78 is 23.3. The Labute approximate surface area is 245 Å². The predicted octanol–water partition coefficient (Wildman–Crippen LogP) is 5.22. The lowest BCUT2D eigenvalue weighted by Gasteiger charge is -2.47. The van der Waals surface area contributed by atoms with Gasteiger partial charge in [0.1, 0.15) is 6.10 Å². The smallest absolute Gasteiger partial charge is 0.458 e. The molecular weight excluding hydrogens is 540 g/mol. The first-order valence-electron chi connectivity index (χ1n) is 14.8.